The number of halogens is 1. The van der Waals surface area contributed by atoms with Gasteiger partial charge in [0.1, 0.15) is 0 Å². The molecule has 15 heavy (non-hydrogen) atoms. The minimum absolute atomic E-state index is 0.0431. The van der Waals surface area contributed by atoms with Crippen LogP contribution in [-0.4, -0.2) is 5.88 Å². The first-order chi connectivity index (χ1) is 7.38. The van der Waals surface area contributed by atoms with Gasteiger partial charge in [0.25, 0.3) is 0 Å². The third kappa shape index (κ3) is 4.36. The number of nitrogens with zero attached hydrogens (tertiary/aromatic N) is 1. The van der Waals surface area contributed by atoms with Gasteiger partial charge in [-0.2, -0.15) is 5.26 Å². The van der Waals surface area contributed by atoms with E-state index in [1.807, 2.05) is 30.3 Å². The zero-order valence-corrected chi connectivity index (χ0v) is 9.58. The van der Waals surface area contributed by atoms with Crippen LogP contribution in [0.2, 0.25) is 0 Å². The normalized spacial score (nSPS) is 12.0. The first-order valence-electron chi connectivity index (χ1n) is 5.39. The molecule has 1 atom stereocenters. The van der Waals surface area contributed by atoms with E-state index in [0.717, 1.165) is 37.1 Å². The molecule has 0 bridgehead atoms. The lowest BCUT2D eigenvalue weighted by molar-refractivity contribution is 0.636. The highest BCUT2D eigenvalue weighted by molar-refractivity contribution is 6.17. The predicted octanol–water partition coefficient (Wildman–Crippen LogP) is 4.09. The standard InChI is InChI=1S/C13H16ClN/c14-10-6-2-5-9-13(11-15)12-7-3-1-4-8-12/h1,3-4,7-8,13H,2,5-6,9-10H2. The molecule has 1 aromatic rings. The Hall–Kier alpha value is -1.00. The molecule has 0 aliphatic rings. The van der Waals surface area contributed by atoms with Gasteiger partial charge in [0.05, 0.1) is 12.0 Å². The van der Waals surface area contributed by atoms with Crippen LogP contribution in [0.1, 0.15) is 37.2 Å². The molecule has 0 spiro atoms. The Balaban J connectivity index is 2.41. The molecular formula is C13H16ClN. The van der Waals surface area contributed by atoms with Gasteiger partial charge in [-0.05, 0) is 18.4 Å². The van der Waals surface area contributed by atoms with Crippen LogP contribution in [0.4, 0.5) is 0 Å². The lowest BCUT2D eigenvalue weighted by Crippen LogP contribution is -1.95. The van der Waals surface area contributed by atoms with Gasteiger partial charge in [-0.25, -0.2) is 0 Å². The van der Waals surface area contributed by atoms with Gasteiger partial charge >= 0.3 is 0 Å². The Kier molecular flexibility index (Phi) is 5.88. The molecular weight excluding hydrogens is 206 g/mol. The fraction of sp³-hybridized carbons (Fsp3) is 0.462. The van der Waals surface area contributed by atoms with E-state index in [1.54, 1.807) is 0 Å². The number of alkyl halides is 1. The Morgan fingerprint density at radius 2 is 1.87 bits per heavy atom. The predicted molar refractivity (Wildman–Crippen MR) is 64.0 cm³/mol. The Morgan fingerprint density at radius 1 is 1.13 bits per heavy atom. The number of rotatable bonds is 6. The molecule has 0 N–H and O–H groups in total. The van der Waals surface area contributed by atoms with E-state index in [0.29, 0.717) is 0 Å². The molecule has 0 radical (unpaired) electrons. The third-order valence-electron chi connectivity index (χ3n) is 2.48. The third-order valence-corrected chi connectivity index (χ3v) is 2.75. The van der Waals surface area contributed by atoms with Crippen LogP contribution in [0.25, 0.3) is 0 Å². The zero-order chi connectivity index (χ0) is 10.9. The second-order valence-electron chi connectivity index (χ2n) is 3.63. The number of unbranched alkanes of at least 4 members (excludes halogenated alkanes) is 2. The molecule has 0 aliphatic heterocycles. The van der Waals surface area contributed by atoms with Crippen LogP contribution in [0.5, 0.6) is 0 Å². The van der Waals surface area contributed by atoms with E-state index < -0.39 is 0 Å². The van der Waals surface area contributed by atoms with Gasteiger partial charge < -0.3 is 0 Å². The summed E-state index contributed by atoms with van der Waals surface area (Å²) in [6.07, 6.45) is 4.19. The summed E-state index contributed by atoms with van der Waals surface area (Å²) in [5, 5.41) is 9.06. The van der Waals surface area contributed by atoms with E-state index in [1.165, 1.54) is 0 Å². The molecule has 80 valence electrons. The second kappa shape index (κ2) is 7.31. The molecule has 0 amide bonds. The second-order valence-corrected chi connectivity index (χ2v) is 4.01. The summed E-state index contributed by atoms with van der Waals surface area (Å²) in [6, 6.07) is 12.4. The minimum atomic E-state index is 0.0431. The van der Waals surface area contributed by atoms with Gasteiger partial charge in [-0.1, -0.05) is 43.2 Å². The summed E-state index contributed by atoms with van der Waals surface area (Å²) >= 11 is 5.60. The minimum Gasteiger partial charge on any atom is -0.198 e. The molecule has 0 aromatic heterocycles. The molecule has 0 saturated carbocycles. The molecule has 0 aliphatic carbocycles. The topological polar surface area (TPSA) is 23.8 Å². The monoisotopic (exact) mass is 221 g/mol. The van der Waals surface area contributed by atoms with Gasteiger partial charge in [-0.15, -0.1) is 11.6 Å². The van der Waals surface area contributed by atoms with Crippen molar-refractivity contribution >= 4 is 11.6 Å². The van der Waals surface area contributed by atoms with Gasteiger partial charge in [0, 0.05) is 5.88 Å². The van der Waals surface area contributed by atoms with Crippen molar-refractivity contribution in [2.45, 2.75) is 31.6 Å². The maximum atomic E-state index is 9.06. The van der Waals surface area contributed by atoms with E-state index in [4.69, 9.17) is 16.9 Å². The number of nitriles is 1. The quantitative estimate of drug-likeness (QED) is 0.524. The largest absolute Gasteiger partial charge is 0.198 e. The first kappa shape index (κ1) is 12.1. The van der Waals surface area contributed by atoms with Crippen LogP contribution in [0, 0.1) is 11.3 Å². The molecule has 1 nitrogen and oxygen atoms in total. The molecule has 0 saturated heterocycles. The van der Waals surface area contributed by atoms with Crippen molar-refractivity contribution in [2.75, 3.05) is 5.88 Å². The highest BCUT2D eigenvalue weighted by Gasteiger charge is 2.08. The van der Waals surface area contributed by atoms with E-state index >= 15 is 0 Å². The Morgan fingerprint density at radius 3 is 2.47 bits per heavy atom. The lowest BCUT2D eigenvalue weighted by atomic mass is 9.95. The fourth-order valence-corrected chi connectivity index (χ4v) is 1.80. The average molecular weight is 222 g/mol. The maximum absolute atomic E-state index is 9.06. The SMILES string of the molecule is N#CC(CCCCCCl)c1ccccc1. The summed E-state index contributed by atoms with van der Waals surface area (Å²) in [7, 11) is 0. The van der Waals surface area contributed by atoms with Crippen molar-refractivity contribution in [1.29, 1.82) is 5.26 Å². The summed E-state index contributed by atoms with van der Waals surface area (Å²) in [4.78, 5) is 0. The number of hydrogen-bond donors (Lipinski definition) is 0. The summed E-state index contributed by atoms with van der Waals surface area (Å²) in [5.41, 5.74) is 1.13. The summed E-state index contributed by atoms with van der Waals surface area (Å²) < 4.78 is 0. The van der Waals surface area contributed by atoms with Crippen LogP contribution < -0.4 is 0 Å². The maximum Gasteiger partial charge on any atom is 0.0712 e. The summed E-state index contributed by atoms with van der Waals surface area (Å²) in [6.45, 7) is 0. The van der Waals surface area contributed by atoms with Crippen molar-refractivity contribution in [1.82, 2.24) is 0 Å². The smallest absolute Gasteiger partial charge is 0.0712 e. The van der Waals surface area contributed by atoms with Gasteiger partial charge in [0.15, 0.2) is 0 Å². The summed E-state index contributed by atoms with van der Waals surface area (Å²) in [5.74, 6) is 0.768. The van der Waals surface area contributed by atoms with Crippen LogP contribution in [0.3, 0.4) is 0 Å². The van der Waals surface area contributed by atoms with E-state index in [-0.39, 0.29) is 5.92 Å². The van der Waals surface area contributed by atoms with Crippen molar-refractivity contribution in [3.05, 3.63) is 35.9 Å². The lowest BCUT2D eigenvalue weighted by Gasteiger charge is -2.08. The molecule has 1 aromatic carbocycles. The molecule has 1 rings (SSSR count). The number of hydrogen-bond acceptors (Lipinski definition) is 1. The highest BCUT2D eigenvalue weighted by Crippen LogP contribution is 2.21. The average Bonchev–Trinajstić information content (AvgIpc) is 2.30. The van der Waals surface area contributed by atoms with Crippen molar-refractivity contribution in [3.63, 3.8) is 0 Å². The number of benzene rings is 1. The Labute approximate surface area is 96.7 Å². The van der Waals surface area contributed by atoms with E-state index in [2.05, 4.69) is 6.07 Å². The van der Waals surface area contributed by atoms with Gasteiger partial charge in [-0.3, -0.25) is 0 Å². The Bertz CT molecular complexity index is 302. The van der Waals surface area contributed by atoms with Crippen molar-refractivity contribution < 1.29 is 0 Å². The highest BCUT2D eigenvalue weighted by atomic mass is 35.5. The van der Waals surface area contributed by atoms with Crippen LogP contribution >= 0.6 is 11.6 Å². The molecule has 2 heteroatoms. The zero-order valence-electron chi connectivity index (χ0n) is 8.82. The van der Waals surface area contributed by atoms with Gasteiger partial charge in [0.2, 0.25) is 0 Å². The first-order valence-corrected chi connectivity index (χ1v) is 5.92. The van der Waals surface area contributed by atoms with Crippen LogP contribution in [-0.2, 0) is 0 Å². The van der Waals surface area contributed by atoms with Crippen LogP contribution in [0.15, 0.2) is 30.3 Å². The van der Waals surface area contributed by atoms with Crippen molar-refractivity contribution in [2.24, 2.45) is 0 Å². The molecule has 0 fully saturated rings. The molecule has 1 unspecified atom stereocenters. The van der Waals surface area contributed by atoms with E-state index in [9.17, 15) is 0 Å². The molecule has 0 heterocycles. The van der Waals surface area contributed by atoms with Crippen molar-refractivity contribution in [3.8, 4) is 6.07 Å². The fourth-order valence-electron chi connectivity index (χ4n) is 1.61.